The van der Waals surface area contributed by atoms with Crippen LogP contribution in [0.2, 0.25) is 0 Å². The van der Waals surface area contributed by atoms with Crippen LogP contribution in [0.15, 0.2) is 24.3 Å². The maximum Gasteiger partial charge on any atom is 0.251 e. The molecule has 0 aliphatic heterocycles. The summed E-state index contributed by atoms with van der Waals surface area (Å²) >= 11 is 0. The summed E-state index contributed by atoms with van der Waals surface area (Å²) in [5.41, 5.74) is 1.59. The third kappa shape index (κ3) is 4.98. The molecule has 0 aromatic heterocycles. The van der Waals surface area contributed by atoms with E-state index < -0.39 is 0 Å². The Morgan fingerprint density at radius 2 is 1.75 bits per heavy atom. The molecule has 0 spiro atoms. The van der Waals surface area contributed by atoms with Crippen LogP contribution in [0.25, 0.3) is 0 Å². The van der Waals surface area contributed by atoms with Gasteiger partial charge in [0.1, 0.15) is 6.42 Å². The lowest BCUT2D eigenvalue weighted by atomic mass is 10.2. The van der Waals surface area contributed by atoms with Crippen LogP contribution in [0, 0.1) is 11.3 Å². The van der Waals surface area contributed by atoms with Gasteiger partial charge in [-0.1, -0.05) is 0 Å². The highest BCUT2D eigenvalue weighted by molar-refractivity contribution is 5.94. The number of nitriles is 1. The number of anilines is 1. The van der Waals surface area contributed by atoms with E-state index >= 15 is 0 Å². The highest BCUT2D eigenvalue weighted by Crippen LogP contribution is 2.11. The van der Waals surface area contributed by atoms with Crippen molar-refractivity contribution in [1.29, 1.82) is 5.26 Å². The fourth-order valence-electron chi connectivity index (χ4n) is 1.53. The SMILES string of the molecule is CN(C)c1ccc(C(=O)NCCNC(=O)CC#N)cc1. The van der Waals surface area contributed by atoms with Crippen LogP contribution < -0.4 is 15.5 Å². The third-order valence-electron chi connectivity index (χ3n) is 2.62. The summed E-state index contributed by atoms with van der Waals surface area (Å²) in [6.45, 7) is 0.632. The molecule has 0 bridgehead atoms. The molecule has 0 unspecified atom stereocenters. The largest absolute Gasteiger partial charge is 0.378 e. The van der Waals surface area contributed by atoms with Gasteiger partial charge in [-0.15, -0.1) is 0 Å². The van der Waals surface area contributed by atoms with E-state index in [1.807, 2.05) is 31.1 Å². The first-order chi connectivity index (χ1) is 9.54. The average Bonchev–Trinajstić information content (AvgIpc) is 2.43. The van der Waals surface area contributed by atoms with Gasteiger partial charge in [0.05, 0.1) is 6.07 Å². The van der Waals surface area contributed by atoms with Gasteiger partial charge >= 0.3 is 0 Å². The molecule has 1 aromatic rings. The van der Waals surface area contributed by atoms with Crippen LogP contribution in [0.5, 0.6) is 0 Å². The molecule has 0 saturated heterocycles. The lowest BCUT2D eigenvalue weighted by molar-refractivity contribution is -0.120. The zero-order chi connectivity index (χ0) is 15.0. The summed E-state index contributed by atoms with van der Waals surface area (Å²) in [5, 5.41) is 13.5. The number of hydrogen-bond acceptors (Lipinski definition) is 4. The normalized spacial score (nSPS) is 9.45. The molecule has 0 saturated carbocycles. The van der Waals surface area contributed by atoms with Gasteiger partial charge in [-0.2, -0.15) is 5.26 Å². The molecule has 0 aliphatic rings. The fraction of sp³-hybridized carbons (Fsp3) is 0.357. The molecular weight excluding hydrogens is 256 g/mol. The van der Waals surface area contributed by atoms with Crippen molar-refractivity contribution in [2.45, 2.75) is 6.42 Å². The molecule has 0 radical (unpaired) electrons. The summed E-state index contributed by atoms with van der Waals surface area (Å²) in [6, 6.07) is 8.98. The smallest absolute Gasteiger partial charge is 0.251 e. The number of benzene rings is 1. The Balaban J connectivity index is 2.36. The highest BCUT2D eigenvalue weighted by atomic mass is 16.2. The number of carbonyl (C=O) groups excluding carboxylic acids is 2. The predicted octanol–water partition coefficient (Wildman–Crippen LogP) is 0.512. The maximum absolute atomic E-state index is 11.8. The molecule has 6 nitrogen and oxygen atoms in total. The number of nitrogens with one attached hydrogen (secondary N) is 2. The predicted molar refractivity (Wildman–Crippen MR) is 76.3 cm³/mol. The average molecular weight is 274 g/mol. The summed E-state index contributed by atoms with van der Waals surface area (Å²) in [4.78, 5) is 24.8. The summed E-state index contributed by atoms with van der Waals surface area (Å²) < 4.78 is 0. The molecule has 2 N–H and O–H groups in total. The van der Waals surface area contributed by atoms with E-state index in [9.17, 15) is 9.59 Å². The number of carbonyl (C=O) groups is 2. The van der Waals surface area contributed by atoms with Crippen molar-refractivity contribution in [3.05, 3.63) is 29.8 Å². The van der Waals surface area contributed by atoms with Crippen molar-refractivity contribution < 1.29 is 9.59 Å². The van der Waals surface area contributed by atoms with Crippen molar-refractivity contribution in [2.75, 3.05) is 32.1 Å². The molecule has 0 aliphatic carbocycles. The first-order valence-electron chi connectivity index (χ1n) is 6.24. The minimum Gasteiger partial charge on any atom is -0.378 e. The van der Waals surface area contributed by atoms with Crippen LogP contribution in [-0.2, 0) is 4.79 Å². The van der Waals surface area contributed by atoms with Crippen molar-refractivity contribution >= 4 is 17.5 Å². The van der Waals surface area contributed by atoms with Crippen molar-refractivity contribution in [3.8, 4) is 6.07 Å². The molecule has 2 amide bonds. The molecule has 0 heterocycles. The molecule has 20 heavy (non-hydrogen) atoms. The first kappa shape index (κ1) is 15.5. The van der Waals surface area contributed by atoms with Crippen molar-refractivity contribution in [2.24, 2.45) is 0 Å². The van der Waals surface area contributed by atoms with Crippen LogP contribution in [0.1, 0.15) is 16.8 Å². The lowest BCUT2D eigenvalue weighted by Gasteiger charge is -2.12. The van der Waals surface area contributed by atoms with Gasteiger partial charge in [0.25, 0.3) is 5.91 Å². The molecule has 0 fully saturated rings. The third-order valence-corrected chi connectivity index (χ3v) is 2.62. The van der Waals surface area contributed by atoms with Gasteiger partial charge in [0.15, 0.2) is 0 Å². The van der Waals surface area contributed by atoms with E-state index in [1.54, 1.807) is 18.2 Å². The molecule has 0 atom stereocenters. The van der Waals surface area contributed by atoms with Gasteiger partial charge in [-0.05, 0) is 24.3 Å². The van der Waals surface area contributed by atoms with E-state index in [1.165, 1.54) is 0 Å². The Morgan fingerprint density at radius 1 is 1.15 bits per heavy atom. The first-order valence-corrected chi connectivity index (χ1v) is 6.24. The van der Waals surface area contributed by atoms with Gasteiger partial charge in [-0.25, -0.2) is 0 Å². The Labute approximate surface area is 118 Å². The van der Waals surface area contributed by atoms with Crippen LogP contribution >= 0.6 is 0 Å². The molecular formula is C14H18N4O2. The van der Waals surface area contributed by atoms with E-state index in [0.717, 1.165) is 5.69 Å². The zero-order valence-electron chi connectivity index (χ0n) is 11.6. The van der Waals surface area contributed by atoms with Crippen LogP contribution in [0.3, 0.4) is 0 Å². The van der Waals surface area contributed by atoms with E-state index in [0.29, 0.717) is 18.7 Å². The minimum absolute atomic E-state index is 0.167. The van der Waals surface area contributed by atoms with Crippen LogP contribution in [-0.4, -0.2) is 39.0 Å². The van der Waals surface area contributed by atoms with E-state index in [4.69, 9.17) is 5.26 Å². The summed E-state index contributed by atoms with van der Waals surface area (Å²) in [7, 11) is 3.86. The minimum atomic E-state index is -0.336. The van der Waals surface area contributed by atoms with Gasteiger partial charge < -0.3 is 15.5 Å². The Morgan fingerprint density at radius 3 is 2.30 bits per heavy atom. The van der Waals surface area contributed by atoms with Crippen LogP contribution in [0.4, 0.5) is 5.69 Å². The zero-order valence-corrected chi connectivity index (χ0v) is 11.6. The second kappa shape index (κ2) is 7.79. The second-order valence-corrected chi connectivity index (χ2v) is 4.38. The highest BCUT2D eigenvalue weighted by Gasteiger charge is 2.05. The Kier molecular flexibility index (Phi) is 6.04. The molecule has 6 heteroatoms. The number of rotatable bonds is 6. The Hall–Kier alpha value is -2.55. The molecule has 1 rings (SSSR count). The Bertz CT molecular complexity index is 503. The van der Waals surface area contributed by atoms with E-state index in [2.05, 4.69) is 10.6 Å². The number of nitrogens with zero attached hydrogens (tertiary/aromatic N) is 2. The molecule has 1 aromatic carbocycles. The summed E-state index contributed by atoms with van der Waals surface area (Å²) in [5.74, 6) is -0.526. The van der Waals surface area contributed by atoms with Crippen molar-refractivity contribution in [3.63, 3.8) is 0 Å². The van der Waals surface area contributed by atoms with Gasteiger partial charge in [-0.3, -0.25) is 9.59 Å². The fourth-order valence-corrected chi connectivity index (χ4v) is 1.53. The number of hydrogen-bond donors (Lipinski definition) is 2. The van der Waals surface area contributed by atoms with Gasteiger partial charge in [0, 0.05) is 38.4 Å². The number of amides is 2. The monoisotopic (exact) mass is 274 g/mol. The standard InChI is InChI=1S/C14H18N4O2/c1-18(2)12-5-3-11(4-6-12)14(20)17-10-9-16-13(19)7-8-15/h3-6H,7,9-10H2,1-2H3,(H,16,19)(H,17,20). The maximum atomic E-state index is 11.8. The molecule has 106 valence electrons. The second-order valence-electron chi connectivity index (χ2n) is 4.38. The summed E-state index contributed by atoms with van der Waals surface area (Å²) in [6.07, 6.45) is -0.167. The van der Waals surface area contributed by atoms with Crippen molar-refractivity contribution in [1.82, 2.24) is 10.6 Å². The lowest BCUT2D eigenvalue weighted by Crippen LogP contribution is -2.34. The quantitative estimate of drug-likeness (QED) is 0.740. The van der Waals surface area contributed by atoms with Gasteiger partial charge in [0.2, 0.25) is 5.91 Å². The van der Waals surface area contributed by atoms with E-state index in [-0.39, 0.29) is 18.2 Å². The topological polar surface area (TPSA) is 85.2 Å².